The van der Waals surface area contributed by atoms with Gasteiger partial charge in [0.05, 0.1) is 14.2 Å². The Balaban J connectivity index is 1.00. The van der Waals surface area contributed by atoms with Crippen LogP contribution in [0, 0.1) is 0 Å². The highest BCUT2D eigenvalue weighted by atomic mass is 35.5. The van der Waals surface area contributed by atoms with Crippen LogP contribution in [0.25, 0.3) is 21.5 Å². The van der Waals surface area contributed by atoms with Gasteiger partial charge in [-0.3, -0.25) is 9.59 Å². The lowest BCUT2D eigenvalue weighted by atomic mass is 10.1. The lowest BCUT2D eigenvalue weighted by molar-refractivity contribution is -0.158. The molecule has 4 N–H and O–H groups in total. The zero-order valence-corrected chi connectivity index (χ0v) is 29.2. The smallest absolute Gasteiger partial charge is 0.333 e. The maximum Gasteiger partial charge on any atom is 0.333 e. The van der Waals surface area contributed by atoms with E-state index >= 15 is 0 Å². The van der Waals surface area contributed by atoms with Crippen molar-refractivity contribution in [3.63, 3.8) is 0 Å². The summed E-state index contributed by atoms with van der Waals surface area (Å²) in [5, 5.41) is 27.1. The standard InChI is InChI=1S/C38H29ClN4O11/c1-50-21-3-7-23(8-4-21)52-25-11-13-27-20(15-25)17-40-32(34(27)46)37(48)41-18-30(44)54-31(45)19-42-38(49)33-35(47)28-14-12-26(16-29(28)36(39)43-33)53-24-9-5-22(51-2)6-10-24/h3-17,46-47H,18-19H2,1-2H3,(H,41,48)(H,42,49). The summed E-state index contributed by atoms with van der Waals surface area (Å²) in [5.41, 5.74) is -0.855. The fourth-order valence-electron chi connectivity index (χ4n) is 5.11. The van der Waals surface area contributed by atoms with Crippen molar-refractivity contribution in [3.8, 4) is 46.0 Å². The topological polar surface area (TPSA) is 205 Å². The molecule has 6 rings (SSSR count). The monoisotopic (exact) mass is 752 g/mol. The number of nitrogens with one attached hydrogen (secondary N) is 2. The van der Waals surface area contributed by atoms with Gasteiger partial charge in [-0.05, 0) is 84.9 Å². The first-order valence-electron chi connectivity index (χ1n) is 15.9. The van der Waals surface area contributed by atoms with Crippen molar-refractivity contribution in [3.05, 3.63) is 108 Å². The van der Waals surface area contributed by atoms with E-state index in [-0.39, 0.29) is 16.2 Å². The zero-order valence-electron chi connectivity index (χ0n) is 28.4. The molecule has 0 saturated carbocycles. The molecule has 2 amide bonds. The van der Waals surface area contributed by atoms with Crippen molar-refractivity contribution in [1.29, 1.82) is 0 Å². The van der Waals surface area contributed by atoms with Gasteiger partial charge in [-0.15, -0.1) is 0 Å². The second kappa shape index (κ2) is 16.0. The maximum absolute atomic E-state index is 12.8. The number of ether oxygens (including phenoxy) is 5. The Bertz CT molecular complexity index is 2410. The molecule has 274 valence electrons. The van der Waals surface area contributed by atoms with E-state index in [9.17, 15) is 29.4 Å². The van der Waals surface area contributed by atoms with Gasteiger partial charge in [0.2, 0.25) is 0 Å². The third-order valence-corrected chi connectivity index (χ3v) is 8.06. The first-order chi connectivity index (χ1) is 26.0. The van der Waals surface area contributed by atoms with Crippen molar-refractivity contribution in [1.82, 2.24) is 20.6 Å². The maximum atomic E-state index is 12.8. The number of pyridine rings is 2. The highest BCUT2D eigenvalue weighted by Crippen LogP contribution is 2.36. The molecular formula is C38H29ClN4O11. The summed E-state index contributed by atoms with van der Waals surface area (Å²) in [6.07, 6.45) is 1.35. The van der Waals surface area contributed by atoms with E-state index in [1.807, 2.05) is 0 Å². The molecule has 0 bridgehead atoms. The van der Waals surface area contributed by atoms with E-state index in [4.69, 9.17) is 30.5 Å². The van der Waals surface area contributed by atoms with Crippen LogP contribution in [-0.4, -0.2) is 71.2 Å². The number of benzene rings is 4. The Morgan fingerprint density at radius 1 is 0.611 bits per heavy atom. The van der Waals surface area contributed by atoms with E-state index in [2.05, 4.69) is 25.3 Å². The second-order valence-corrected chi connectivity index (χ2v) is 11.6. The van der Waals surface area contributed by atoms with Crippen molar-refractivity contribution in [2.45, 2.75) is 0 Å². The van der Waals surface area contributed by atoms with E-state index in [1.165, 1.54) is 18.3 Å². The fraction of sp³-hybridized carbons (Fsp3) is 0.105. The third-order valence-electron chi connectivity index (χ3n) is 7.77. The van der Waals surface area contributed by atoms with Crippen LogP contribution in [0.2, 0.25) is 5.15 Å². The third kappa shape index (κ3) is 8.32. The summed E-state index contributed by atoms with van der Waals surface area (Å²) in [5.74, 6) is -1.97. The SMILES string of the molecule is COc1ccc(Oc2ccc3c(O)c(C(=O)NCC(=O)OC(=O)CNC(=O)c4nc(Cl)c5cc(Oc6ccc(OC)cc6)ccc5c4O)ncc3c2)cc1. The molecule has 15 nitrogen and oxygen atoms in total. The second-order valence-electron chi connectivity index (χ2n) is 11.3. The molecule has 0 atom stereocenters. The molecule has 54 heavy (non-hydrogen) atoms. The van der Waals surface area contributed by atoms with E-state index in [0.717, 1.165) is 0 Å². The normalized spacial score (nSPS) is 10.7. The summed E-state index contributed by atoms with van der Waals surface area (Å²) in [6, 6.07) is 23.1. The Morgan fingerprint density at radius 3 is 1.63 bits per heavy atom. The number of halogens is 1. The van der Waals surface area contributed by atoms with Crippen LogP contribution in [0.1, 0.15) is 21.0 Å². The van der Waals surface area contributed by atoms with Crippen LogP contribution >= 0.6 is 11.6 Å². The molecule has 2 heterocycles. The average molecular weight is 753 g/mol. The fourth-order valence-corrected chi connectivity index (χ4v) is 5.35. The molecule has 0 saturated heterocycles. The molecule has 4 aromatic carbocycles. The van der Waals surface area contributed by atoms with Crippen LogP contribution in [-0.2, 0) is 14.3 Å². The molecule has 0 aliphatic heterocycles. The summed E-state index contributed by atoms with van der Waals surface area (Å²) < 4.78 is 26.6. The predicted octanol–water partition coefficient (Wildman–Crippen LogP) is 5.68. The first-order valence-corrected chi connectivity index (χ1v) is 16.3. The summed E-state index contributed by atoms with van der Waals surface area (Å²) in [6.45, 7) is -1.56. The number of carbonyl (C=O) groups excluding carboxylic acids is 4. The summed E-state index contributed by atoms with van der Waals surface area (Å²) in [4.78, 5) is 58.1. The number of carbonyl (C=O) groups is 4. The number of rotatable bonds is 12. The minimum absolute atomic E-state index is 0.128. The largest absolute Gasteiger partial charge is 0.505 e. The molecule has 0 unspecified atom stereocenters. The number of aromatic nitrogens is 2. The van der Waals surface area contributed by atoms with Crippen LogP contribution in [0.4, 0.5) is 0 Å². The minimum atomic E-state index is -1.17. The highest BCUT2D eigenvalue weighted by Gasteiger charge is 2.22. The van der Waals surface area contributed by atoms with Gasteiger partial charge in [0.1, 0.15) is 52.7 Å². The Hall–Kier alpha value is -7.13. The number of fused-ring (bicyclic) bond motifs is 2. The molecule has 6 aromatic rings. The molecule has 0 aliphatic carbocycles. The summed E-state index contributed by atoms with van der Waals surface area (Å²) in [7, 11) is 3.10. The molecule has 16 heteroatoms. The number of methoxy groups -OCH3 is 2. The van der Waals surface area contributed by atoms with Gasteiger partial charge in [-0.1, -0.05) is 11.6 Å². The van der Waals surface area contributed by atoms with Gasteiger partial charge in [-0.25, -0.2) is 19.6 Å². The quantitative estimate of drug-likeness (QED) is 0.0676. The van der Waals surface area contributed by atoms with Crippen molar-refractivity contribution >= 4 is 56.9 Å². The van der Waals surface area contributed by atoms with Gasteiger partial charge in [0, 0.05) is 27.7 Å². The van der Waals surface area contributed by atoms with Crippen LogP contribution in [0.3, 0.4) is 0 Å². The lowest BCUT2D eigenvalue weighted by Gasteiger charge is -2.12. The average Bonchev–Trinajstić information content (AvgIpc) is 3.18. The lowest BCUT2D eigenvalue weighted by Crippen LogP contribution is -2.36. The first kappa shape index (κ1) is 36.7. The molecular weight excluding hydrogens is 724 g/mol. The van der Waals surface area contributed by atoms with Crippen molar-refractivity contribution < 1.29 is 53.1 Å². The molecule has 0 fully saturated rings. The summed E-state index contributed by atoms with van der Waals surface area (Å²) >= 11 is 6.34. The number of hydrogen-bond acceptors (Lipinski definition) is 13. The molecule has 0 radical (unpaired) electrons. The van der Waals surface area contributed by atoms with E-state index < -0.39 is 54.0 Å². The number of esters is 2. The van der Waals surface area contributed by atoms with Gasteiger partial charge < -0.3 is 44.5 Å². The molecule has 0 aliphatic rings. The van der Waals surface area contributed by atoms with Gasteiger partial charge in [0.25, 0.3) is 11.8 Å². The van der Waals surface area contributed by atoms with Crippen molar-refractivity contribution in [2.24, 2.45) is 0 Å². The number of nitrogens with zero attached hydrogens (tertiary/aromatic N) is 2. The van der Waals surface area contributed by atoms with Crippen LogP contribution in [0.15, 0.2) is 91.1 Å². The van der Waals surface area contributed by atoms with E-state index in [1.54, 1.807) is 87.0 Å². The van der Waals surface area contributed by atoms with Gasteiger partial charge >= 0.3 is 11.9 Å². The van der Waals surface area contributed by atoms with Gasteiger partial charge in [-0.2, -0.15) is 0 Å². The Kier molecular flexibility index (Phi) is 10.9. The van der Waals surface area contributed by atoms with Crippen LogP contribution in [0.5, 0.6) is 46.0 Å². The Morgan fingerprint density at radius 2 is 1.07 bits per heavy atom. The zero-order chi connectivity index (χ0) is 38.4. The van der Waals surface area contributed by atoms with Crippen molar-refractivity contribution in [2.75, 3.05) is 27.3 Å². The number of amides is 2. The predicted molar refractivity (Wildman–Crippen MR) is 194 cm³/mol. The van der Waals surface area contributed by atoms with Crippen LogP contribution < -0.4 is 29.6 Å². The minimum Gasteiger partial charge on any atom is -0.505 e. The van der Waals surface area contributed by atoms with Gasteiger partial charge in [0.15, 0.2) is 22.9 Å². The number of hydrogen-bond donors (Lipinski definition) is 4. The number of aromatic hydroxyl groups is 2. The molecule has 2 aromatic heterocycles. The van der Waals surface area contributed by atoms with E-state index in [0.29, 0.717) is 50.7 Å². The molecule has 0 spiro atoms. The Labute approximate surface area is 311 Å². The highest BCUT2D eigenvalue weighted by molar-refractivity contribution is 6.35.